The first kappa shape index (κ1) is 17.2. The van der Waals surface area contributed by atoms with Crippen molar-refractivity contribution in [2.75, 3.05) is 0 Å². The van der Waals surface area contributed by atoms with Crippen LogP contribution in [0.25, 0.3) is 0 Å². The highest BCUT2D eigenvalue weighted by Gasteiger charge is 2.46. The molecule has 3 nitrogen and oxygen atoms in total. The molecule has 0 saturated heterocycles. The van der Waals surface area contributed by atoms with Gasteiger partial charge in [0.1, 0.15) is 15.9 Å². The Morgan fingerprint density at radius 2 is 1.16 bits per heavy atom. The Morgan fingerprint density at radius 3 is 1.56 bits per heavy atom. The number of hydrogen-bond donors (Lipinski definition) is 2. The van der Waals surface area contributed by atoms with Crippen molar-refractivity contribution in [2.45, 2.75) is 13.3 Å². The van der Waals surface area contributed by atoms with Gasteiger partial charge in [-0.05, 0) is 48.4 Å². The van der Waals surface area contributed by atoms with Crippen LogP contribution in [0, 0.1) is 0 Å². The fourth-order valence-electron chi connectivity index (χ4n) is 3.03. The van der Waals surface area contributed by atoms with Gasteiger partial charge >= 0.3 is 0 Å². The molecule has 0 amide bonds. The van der Waals surface area contributed by atoms with E-state index in [9.17, 15) is 0 Å². The minimum atomic E-state index is -2.30. The van der Waals surface area contributed by atoms with Crippen molar-refractivity contribution < 1.29 is 0 Å². The average molecular weight is 348 g/mol. The molecule has 0 bridgehead atoms. The van der Waals surface area contributed by atoms with Gasteiger partial charge in [0.2, 0.25) is 13.4 Å². The van der Waals surface area contributed by atoms with E-state index in [0.29, 0.717) is 0 Å². The van der Waals surface area contributed by atoms with E-state index in [1.54, 1.807) is 0 Å². The Balaban J connectivity index is 2.34. The fraction of sp³-hybridized carbons (Fsp3) is 0.0952. The lowest BCUT2D eigenvalue weighted by Gasteiger charge is -2.22. The maximum Gasteiger partial charge on any atom is 0.234 e. The summed E-state index contributed by atoms with van der Waals surface area (Å²) in [5.41, 5.74) is 13.1. The molecule has 0 aromatic heterocycles. The van der Waals surface area contributed by atoms with Crippen LogP contribution in [0.15, 0.2) is 89.7 Å². The lowest BCUT2D eigenvalue weighted by Crippen LogP contribution is -2.33. The van der Waals surface area contributed by atoms with Crippen molar-refractivity contribution in [3.8, 4) is 0 Å². The number of nitrogens with zero attached hydrogens (tertiary/aromatic N) is 1. The van der Waals surface area contributed by atoms with Gasteiger partial charge in [0.05, 0.1) is 0 Å². The van der Waals surface area contributed by atoms with Gasteiger partial charge in [0, 0.05) is 0 Å². The van der Waals surface area contributed by atoms with Crippen LogP contribution in [-0.4, -0.2) is 5.96 Å². The molecule has 0 radical (unpaired) electrons. The SMILES string of the molecule is CCc1ccc([P+](N=C(N)N)(c2ccccc2)c2ccccc2)cc1. The minimum absolute atomic E-state index is 0.112. The number of guanidine groups is 1. The monoisotopic (exact) mass is 348 g/mol. The zero-order valence-electron chi connectivity index (χ0n) is 14.3. The normalized spacial score (nSPS) is 11.1. The summed E-state index contributed by atoms with van der Waals surface area (Å²) in [6.45, 7) is 2.15. The lowest BCUT2D eigenvalue weighted by molar-refractivity contribution is 1.14. The number of aryl methyl sites for hydroxylation is 1. The highest BCUT2D eigenvalue weighted by atomic mass is 31.2. The second-order valence-corrected chi connectivity index (χ2v) is 8.87. The highest BCUT2D eigenvalue weighted by molar-refractivity contribution is 7.94. The van der Waals surface area contributed by atoms with Crippen LogP contribution in [0.3, 0.4) is 0 Å². The first-order valence-corrected chi connectivity index (χ1v) is 10.1. The quantitative estimate of drug-likeness (QED) is 0.423. The van der Waals surface area contributed by atoms with Gasteiger partial charge in [-0.1, -0.05) is 60.2 Å². The molecule has 3 aromatic carbocycles. The van der Waals surface area contributed by atoms with Gasteiger partial charge in [-0.3, -0.25) is 0 Å². The van der Waals surface area contributed by atoms with Crippen molar-refractivity contribution in [1.29, 1.82) is 0 Å². The standard InChI is InChI=1S/C21H23N3P/c1-2-17-13-15-20(16-14-17)25(24-21(22)23,18-9-5-3-6-10-18)19-11-7-4-8-12-19/h3-16H,2H2,1H3,(H4,22,23,24)/q+1. The van der Waals surface area contributed by atoms with Crippen LogP contribution in [0.4, 0.5) is 0 Å². The van der Waals surface area contributed by atoms with Gasteiger partial charge in [-0.2, -0.15) is 0 Å². The van der Waals surface area contributed by atoms with Gasteiger partial charge in [0.15, 0.2) is 0 Å². The van der Waals surface area contributed by atoms with Crippen molar-refractivity contribution in [2.24, 2.45) is 16.2 Å². The third-order valence-electron chi connectivity index (χ3n) is 4.24. The molecule has 0 unspecified atom stereocenters. The Hall–Kier alpha value is -2.64. The van der Waals surface area contributed by atoms with Gasteiger partial charge < -0.3 is 11.5 Å². The predicted molar refractivity (Wildman–Crippen MR) is 110 cm³/mol. The van der Waals surface area contributed by atoms with Crippen molar-refractivity contribution >= 4 is 29.3 Å². The second-order valence-electron chi connectivity index (χ2n) is 5.85. The zero-order valence-corrected chi connectivity index (χ0v) is 15.2. The van der Waals surface area contributed by atoms with Crippen molar-refractivity contribution in [3.05, 3.63) is 90.5 Å². The largest absolute Gasteiger partial charge is 0.367 e. The van der Waals surface area contributed by atoms with E-state index in [1.807, 2.05) is 36.4 Å². The molecule has 0 aliphatic carbocycles. The van der Waals surface area contributed by atoms with Crippen LogP contribution >= 0.6 is 7.41 Å². The smallest absolute Gasteiger partial charge is 0.234 e. The van der Waals surface area contributed by atoms with E-state index < -0.39 is 7.41 Å². The Bertz CT molecular complexity index is 800. The van der Waals surface area contributed by atoms with Crippen LogP contribution < -0.4 is 27.4 Å². The summed E-state index contributed by atoms with van der Waals surface area (Å²) in [4.78, 5) is 0. The molecular formula is C21H23N3P+. The van der Waals surface area contributed by atoms with Gasteiger partial charge in [-0.25, -0.2) is 0 Å². The van der Waals surface area contributed by atoms with Crippen LogP contribution in [-0.2, 0) is 6.42 Å². The van der Waals surface area contributed by atoms with Crippen LogP contribution in [0.1, 0.15) is 12.5 Å². The highest BCUT2D eigenvalue weighted by Crippen LogP contribution is 2.56. The molecule has 3 rings (SSSR count). The maximum atomic E-state index is 5.90. The van der Waals surface area contributed by atoms with E-state index in [0.717, 1.165) is 22.3 Å². The molecule has 126 valence electrons. The maximum absolute atomic E-state index is 5.90. The summed E-state index contributed by atoms with van der Waals surface area (Å²) in [7, 11) is -2.30. The molecule has 0 aliphatic heterocycles. The molecule has 4 N–H and O–H groups in total. The van der Waals surface area contributed by atoms with Gasteiger partial charge in [-0.15, -0.1) is 0 Å². The average Bonchev–Trinajstić information content (AvgIpc) is 2.67. The molecular weight excluding hydrogens is 325 g/mol. The predicted octanol–water partition coefficient (Wildman–Crippen LogP) is 2.73. The molecule has 0 aliphatic rings. The van der Waals surface area contributed by atoms with Gasteiger partial charge in [0.25, 0.3) is 0 Å². The molecule has 0 spiro atoms. The Morgan fingerprint density at radius 1 is 0.720 bits per heavy atom. The van der Waals surface area contributed by atoms with E-state index in [-0.39, 0.29) is 5.96 Å². The first-order chi connectivity index (χ1) is 12.2. The molecule has 3 aromatic rings. The van der Waals surface area contributed by atoms with E-state index >= 15 is 0 Å². The number of hydrogen-bond acceptors (Lipinski definition) is 1. The van der Waals surface area contributed by atoms with E-state index in [4.69, 9.17) is 16.2 Å². The number of benzene rings is 3. The molecule has 4 heteroatoms. The summed E-state index contributed by atoms with van der Waals surface area (Å²) < 4.78 is 4.86. The minimum Gasteiger partial charge on any atom is -0.367 e. The van der Waals surface area contributed by atoms with Crippen molar-refractivity contribution in [3.63, 3.8) is 0 Å². The molecule has 0 saturated carbocycles. The van der Waals surface area contributed by atoms with Crippen molar-refractivity contribution in [1.82, 2.24) is 0 Å². The summed E-state index contributed by atoms with van der Waals surface area (Å²) in [6, 6.07) is 29.3. The third-order valence-corrected chi connectivity index (χ3v) is 7.91. The van der Waals surface area contributed by atoms with Crippen LogP contribution in [0.5, 0.6) is 0 Å². The fourth-order valence-corrected chi connectivity index (χ4v) is 6.40. The second kappa shape index (κ2) is 7.50. The topological polar surface area (TPSA) is 64.4 Å². The number of rotatable bonds is 5. The molecule has 0 heterocycles. The number of nitrogens with two attached hydrogens (primary N) is 2. The molecule has 25 heavy (non-hydrogen) atoms. The summed E-state index contributed by atoms with van der Waals surface area (Å²) >= 11 is 0. The summed E-state index contributed by atoms with van der Waals surface area (Å²) in [6.07, 6.45) is 1.00. The molecule has 0 atom stereocenters. The lowest BCUT2D eigenvalue weighted by atomic mass is 10.2. The summed E-state index contributed by atoms with van der Waals surface area (Å²) in [5, 5.41) is 3.42. The first-order valence-electron chi connectivity index (χ1n) is 8.38. The Labute approximate surface area is 149 Å². The molecule has 0 fully saturated rings. The Kier molecular flexibility index (Phi) is 5.16. The van der Waals surface area contributed by atoms with Crippen LogP contribution in [0.2, 0.25) is 0 Å². The zero-order chi connectivity index (χ0) is 17.7. The van der Waals surface area contributed by atoms with E-state index in [1.165, 1.54) is 5.56 Å². The summed E-state index contributed by atoms with van der Waals surface area (Å²) in [5.74, 6) is 0.112. The van der Waals surface area contributed by atoms with E-state index in [2.05, 4.69) is 55.5 Å². The third kappa shape index (κ3) is 3.42.